The highest BCUT2D eigenvalue weighted by molar-refractivity contribution is 6.10. The SMILES string of the molecule is Cc1cc(-c2nnn(CC(=O)Nc3ccccc3C(=O)Nc3ccccc3)n2)ccc1F. The van der Waals surface area contributed by atoms with Crippen LogP contribution in [0.15, 0.2) is 72.8 Å². The smallest absolute Gasteiger partial charge is 0.257 e. The van der Waals surface area contributed by atoms with Crippen LogP contribution in [0.5, 0.6) is 0 Å². The number of anilines is 2. The molecule has 3 aromatic carbocycles. The van der Waals surface area contributed by atoms with E-state index in [9.17, 15) is 14.0 Å². The van der Waals surface area contributed by atoms with E-state index in [1.807, 2.05) is 18.2 Å². The molecule has 0 aliphatic carbocycles. The second-order valence-electron chi connectivity index (χ2n) is 7.02. The van der Waals surface area contributed by atoms with Crippen LogP contribution in [0.2, 0.25) is 0 Å². The zero-order chi connectivity index (χ0) is 22.5. The molecule has 0 spiro atoms. The van der Waals surface area contributed by atoms with Crippen molar-refractivity contribution >= 4 is 23.2 Å². The third kappa shape index (κ3) is 4.84. The molecule has 0 unspecified atom stereocenters. The van der Waals surface area contributed by atoms with Crippen molar-refractivity contribution in [2.45, 2.75) is 13.5 Å². The van der Waals surface area contributed by atoms with Crippen molar-refractivity contribution in [1.82, 2.24) is 20.2 Å². The van der Waals surface area contributed by atoms with E-state index in [0.717, 1.165) is 4.80 Å². The summed E-state index contributed by atoms with van der Waals surface area (Å²) in [6.45, 7) is 1.43. The molecular weight excluding hydrogens is 411 g/mol. The average Bonchev–Trinajstić information content (AvgIpc) is 3.25. The number of nitrogens with zero attached hydrogens (tertiary/aromatic N) is 4. The number of nitrogens with one attached hydrogen (secondary N) is 2. The number of para-hydroxylation sites is 2. The van der Waals surface area contributed by atoms with Crippen LogP contribution in [0.3, 0.4) is 0 Å². The molecule has 0 saturated heterocycles. The molecule has 4 rings (SSSR count). The zero-order valence-corrected chi connectivity index (χ0v) is 17.1. The van der Waals surface area contributed by atoms with Gasteiger partial charge in [0, 0.05) is 11.3 Å². The van der Waals surface area contributed by atoms with Gasteiger partial charge in [-0.25, -0.2) is 4.39 Å². The van der Waals surface area contributed by atoms with E-state index in [-0.39, 0.29) is 24.1 Å². The van der Waals surface area contributed by atoms with Gasteiger partial charge < -0.3 is 10.6 Å². The van der Waals surface area contributed by atoms with Crippen molar-refractivity contribution in [3.05, 3.63) is 89.7 Å². The van der Waals surface area contributed by atoms with Crippen molar-refractivity contribution in [2.24, 2.45) is 0 Å². The van der Waals surface area contributed by atoms with Gasteiger partial charge in [-0.2, -0.15) is 4.80 Å². The predicted octanol–water partition coefficient (Wildman–Crippen LogP) is 3.68. The van der Waals surface area contributed by atoms with E-state index in [4.69, 9.17) is 0 Å². The fourth-order valence-corrected chi connectivity index (χ4v) is 3.04. The Bertz CT molecular complexity index is 1270. The lowest BCUT2D eigenvalue weighted by Gasteiger charge is -2.11. The van der Waals surface area contributed by atoms with Crippen LogP contribution in [0.4, 0.5) is 15.8 Å². The quantitative estimate of drug-likeness (QED) is 0.486. The molecule has 0 saturated carbocycles. The third-order valence-electron chi connectivity index (χ3n) is 4.63. The summed E-state index contributed by atoms with van der Waals surface area (Å²) in [5.74, 6) is -0.817. The van der Waals surface area contributed by atoms with Crippen LogP contribution >= 0.6 is 0 Å². The lowest BCUT2D eigenvalue weighted by atomic mass is 10.1. The predicted molar refractivity (Wildman–Crippen MR) is 117 cm³/mol. The van der Waals surface area contributed by atoms with Crippen LogP contribution in [0, 0.1) is 12.7 Å². The first-order valence-electron chi connectivity index (χ1n) is 9.79. The Morgan fingerprint density at radius 1 is 0.969 bits per heavy atom. The summed E-state index contributed by atoms with van der Waals surface area (Å²) >= 11 is 0. The largest absolute Gasteiger partial charge is 0.324 e. The van der Waals surface area contributed by atoms with E-state index < -0.39 is 5.91 Å². The van der Waals surface area contributed by atoms with Crippen molar-refractivity contribution in [3.63, 3.8) is 0 Å². The maximum atomic E-state index is 13.5. The summed E-state index contributed by atoms with van der Waals surface area (Å²) in [5, 5.41) is 17.5. The highest BCUT2D eigenvalue weighted by atomic mass is 19.1. The lowest BCUT2D eigenvalue weighted by Crippen LogP contribution is -2.22. The molecule has 4 aromatic rings. The minimum absolute atomic E-state index is 0.207. The maximum absolute atomic E-state index is 13.5. The molecular formula is C23H19FN6O2. The van der Waals surface area contributed by atoms with Crippen LogP contribution in [-0.4, -0.2) is 32.0 Å². The molecule has 9 heteroatoms. The highest BCUT2D eigenvalue weighted by Gasteiger charge is 2.15. The van der Waals surface area contributed by atoms with Crippen molar-refractivity contribution in [1.29, 1.82) is 0 Å². The summed E-state index contributed by atoms with van der Waals surface area (Å²) in [7, 11) is 0. The van der Waals surface area contributed by atoms with Crippen LogP contribution in [-0.2, 0) is 11.3 Å². The molecule has 160 valence electrons. The molecule has 0 fully saturated rings. The zero-order valence-electron chi connectivity index (χ0n) is 17.1. The van der Waals surface area contributed by atoms with E-state index in [0.29, 0.717) is 28.1 Å². The Morgan fingerprint density at radius 2 is 1.72 bits per heavy atom. The van der Waals surface area contributed by atoms with Gasteiger partial charge in [0.1, 0.15) is 12.4 Å². The first kappa shape index (κ1) is 20.9. The Labute approximate surface area is 183 Å². The van der Waals surface area contributed by atoms with Crippen LogP contribution < -0.4 is 10.6 Å². The molecule has 8 nitrogen and oxygen atoms in total. The van der Waals surface area contributed by atoms with Gasteiger partial charge in [-0.1, -0.05) is 30.3 Å². The first-order valence-corrected chi connectivity index (χ1v) is 9.79. The Balaban J connectivity index is 1.44. The molecule has 2 N–H and O–H groups in total. The average molecular weight is 430 g/mol. The Kier molecular flexibility index (Phi) is 5.98. The fourth-order valence-electron chi connectivity index (χ4n) is 3.04. The number of aryl methyl sites for hydroxylation is 1. The topological polar surface area (TPSA) is 102 Å². The number of rotatable bonds is 6. The van der Waals surface area contributed by atoms with E-state index in [2.05, 4.69) is 26.0 Å². The van der Waals surface area contributed by atoms with E-state index >= 15 is 0 Å². The normalized spacial score (nSPS) is 10.6. The number of hydrogen-bond donors (Lipinski definition) is 2. The highest BCUT2D eigenvalue weighted by Crippen LogP contribution is 2.19. The Morgan fingerprint density at radius 3 is 2.50 bits per heavy atom. The molecule has 0 aliphatic rings. The van der Waals surface area contributed by atoms with E-state index in [1.54, 1.807) is 55.5 Å². The molecule has 1 aromatic heterocycles. The summed E-state index contributed by atoms with van der Waals surface area (Å²) in [5.41, 5.74) is 2.38. The number of aromatic nitrogens is 4. The van der Waals surface area contributed by atoms with Gasteiger partial charge in [-0.15, -0.1) is 10.2 Å². The minimum Gasteiger partial charge on any atom is -0.324 e. The minimum atomic E-state index is -0.427. The standard InChI is InChI=1S/C23H19FN6O2/c1-15-13-16(11-12-19(15)24)22-27-29-30(28-22)14-21(31)26-20-10-6-5-9-18(20)23(32)25-17-7-3-2-4-8-17/h2-13H,14H2,1H3,(H,25,32)(H,26,31). The second kappa shape index (κ2) is 9.17. The number of carbonyl (C=O) groups excluding carboxylic acids is 2. The van der Waals surface area contributed by atoms with Crippen molar-refractivity contribution < 1.29 is 14.0 Å². The first-order chi connectivity index (χ1) is 15.5. The summed E-state index contributed by atoms with van der Waals surface area (Å²) < 4.78 is 13.5. The second-order valence-corrected chi connectivity index (χ2v) is 7.02. The number of tetrazole rings is 1. The number of benzene rings is 3. The molecule has 0 aliphatic heterocycles. The molecule has 0 radical (unpaired) electrons. The maximum Gasteiger partial charge on any atom is 0.257 e. The van der Waals surface area contributed by atoms with Gasteiger partial charge >= 0.3 is 0 Å². The van der Waals surface area contributed by atoms with Crippen LogP contribution in [0.25, 0.3) is 11.4 Å². The molecule has 32 heavy (non-hydrogen) atoms. The van der Waals surface area contributed by atoms with Gasteiger partial charge in [0.25, 0.3) is 5.91 Å². The Hall–Kier alpha value is -4.40. The number of carbonyl (C=O) groups is 2. The van der Waals surface area contributed by atoms with Gasteiger partial charge in [0.05, 0.1) is 11.3 Å². The molecule has 2 amide bonds. The molecule has 1 heterocycles. The summed E-state index contributed by atoms with van der Waals surface area (Å²) in [4.78, 5) is 26.3. The van der Waals surface area contributed by atoms with Gasteiger partial charge in [-0.3, -0.25) is 9.59 Å². The van der Waals surface area contributed by atoms with Crippen LogP contribution in [0.1, 0.15) is 15.9 Å². The fraction of sp³-hybridized carbons (Fsp3) is 0.0870. The van der Waals surface area contributed by atoms with Gasteiger partial charge in [-0.05, 0) is 60.2 Å². The number of halogens is 1. The third-order valence-corrected chi connectivity index (χ3v) is 4.63. The lowest BCUT2D eigenvalue weighted by molar-refractivity contribution is -0.117. The number of hydrogen-bond acceptors (Lipinski definition) is 5. The van der Waals surface area contributed by atoms with Gasteiger partial charge in [0.15, 0.2) is 0 Å². The van der Waals surface area contributed by atoms with Crippen molar-refractivity contribution in [2.75, 3.05) is 10.6 Å². The molecule has 0 atom stereocenters. The monoisotopic (exact) mass is 430 g/mol. The van der Waals surface area contributed by atoms with Crippen molar-refractivity contribution in [3.8, 4) is 11.4 Å². The molecule has 0 bridgehead atoms. The van der Waals surface area contributed by atoms with Gasteiger partial charge in [0.2, 0.25) is 11.7 Å². The van der Waals surface area contributed by atoms with E-state index in [1.165, 1.54) is 6.07 Å². The summed E-state index contributed by atoms with van der Waals surface area (Å²) in [6.07, 6.45) is 0. The number of amides is 2. The summed E-state index contributed by atoms with van der Waals surface area (Å²) in [6, 6.07) is 20.2.